The van der Waals surface area contributed by atoms with Gasteiger partial charge in [-0.05, 0) is 24.6 Å². The second kappa shape index (κ2) is 6.61. The molecule has 1 aliphatic rings. The predicted octanol–water partition coefficient (Wildman–Crippen LogP) is 4.09. The molecule has 1 saturated heterocycles. The van der Waals surface area contributed by atoms with Crippen molar-refractivity contribution in [2.75, 3.05) is 0 Å². The quantitative estimate of drug-likeness (QED) is 0.592. The second-order valence-electron chi connectivity index (χ2n) is 7.77. The summed E-state index contributed by atoms with van der Waals surface area (Å²) in [5.41, 5.74) is 0. The Morgan fingerprint density at radius 3 is 2.35 bits per heavy atom. The summed E-state index contributed by atoms with van der Waals surface area (Å²) in [5.74, 6) is 0.386. The first-order valence-corrected chi connectivity index (χ1v) is 11.0. The van der Waals surface area contributed by atoms with Crippen LogP contribution in [0.15, 0.2) is 0 Å². The van der Waals surface area contributed by atoms with E-state index < -0.39 is 8.32 Å². The van der Waals surface area contributed by atoms with E-state index in [0.29, 0.717) is 6.04 Å². The first-order valence-electron chi connectivity index (χ1n) is 8.08. The molecule has 4 heteroatoms. The number of amides is 1. The number of hydrogen-bond acceptors (Lipinski definition) is 2. The van der Waals surface area contributed by atoms with Crippen molar-refractivity contribution in [1.82, 2.24) is 5.32 Å². The van der Waals surface area contributed by atoms with Crippen molar-refractivity contribution in [2.45, 2.75) is 90.6 Å². The highest BCUT2D eigenvalue weighted by Crippen LogP contribution is 2.39. The van der Waals surface area contributed by atoms with Crippen LogP contribution in [0.3, 0.4) is 0 Å². The number of carbonyl (C=O) groups is 1. The molecule has 1 N–H and O–H groups in total. The van der Waals surface area contributed by atoms with Crippen LogP contribution in [-0.2, 0) is 9.22 Å². The third-order valence-electron chi connectivity index (χ3n) is 5.04. The fourth-order valence-corrected chi connectivity index (χ4v) is 3.76. The van der Waals surface area contributed by atoms with Crippen LogP contribution in [0, 0.1) is 5.92 Å². The number of nitrogens with one attached hydrogen (secondary N) is 1. The van der Waals surface area contributed by atoms with Gasteiger partial charge in [-0.3, -0.25) is 4.79 Å². The number of hydrogen-bond donors (Lipinski definition) is 1. The molecule has 1 heterocycles. The Morgan fingerprint density at radius 2 is 1.85 bits per heavy atom. The molecule has 20 heavy (non-hydrogen) atoms. The van der Waals surface area contributed by atoms with E-state index in [1.807, 2.05) is 0 Å². The molecular weight excluding hydrogens is 266 g/mol. The van der Waals surface area contributed by atoms with Crippen LogP contribution in [-0.4, -0.2) is 26.4 Å². The summed E-state index contributed by atoms with van der Waals surface area (Å²) in [7, 11) is -1.88. The zero-order valence-corrected chi connectivity index (χ0v) is 15.4. The van der Waals surface area contributed by atoms with Gasteiger partial charge in [-0.15, -0.1) is 0 Å². The largest absolute Gasteiger partial charge is 0.405 e. The molecule has 0 spiro atoms. The monoisotopic (exact) mass is 299 g/mol. The third-order valence-corrected chi connectivity index (χ3v) is 9.50. The lowest BCUT2D eigenvalue weighted by atomic mass is 9.96. The molecule has 3 atom stereocenters. The number of carbonyl (C=O) groups excluding carboxylic acids is 1. The summed E-state index contributed by atoms with van der Waals surface area (Å²) >= 11 is 0. The SMILES string of the molecule is CCCCC[C@H]1NC(=O)C(O[Si](C)(C)C(C)(C)C)[C@H]1C. The smallest absolute Gasteiger partial charge is 0.248 e. The molecule has 3 nitrogen and oxygen atoms in total. The molecule has 1 rings (SSSR count). The van der Waals surface area contributed by atoms with Gasteiger partial charge in [-0.1, -0.05) is 53.9 Å². The Kier molecular flexibility index (Phi) is 5.85. The van der Waals surface area contributed by atoms with Crippen LogP contribution in [0.5, 0.6) is 0 Å². The van der Waals surface area contributed by atoms with Crippen LogP contribution in [0.4, 0.5) is 0 Å². The van der Waals surface area contributed by atoms with Crippen LogP contribution in [0.1, 0.15) is 60.3 Å². The van der Waals surface area contributed by atoms with E-state index in [4.69, 9.17) is 4.43 Å². The van der Waals surface area contributed by atoms with E-state index in [0.717, 1.165) is 6.42 Å². The zero-order valence-electron chi connectivity index (χ0n) is 14.4. The van der Waals surface area contributed by atoms with Crippen molar-refractivity contribution >= 4 is 14.2 Å². The lowest BCUT2D eigenvalue weighted by molar-refractivity contribution is -0.126. The fraction of sp³-hybridized carbons (Fsp3) is 0.938. The van der Waals surface area contributed by atoms with Gasteiger partial charge in [0.05, 0.1) is 0 Å². The van der Waals surface area contributed by atoms with E-state index in [9.17, 15) is 4.79 Å². The minimum Gasteiger partial charge on any atom is -0.405 e. The lowest BCUT2D eigenvalue weighted by Crippen LogP contribution is -2.47. The van der Waals surface area contributed by atoms with Gasteiger partial charge in [0.25, 0.3) is 0 Å². The van der Waals surface area contributed by atoms with Gasteiger partial charge in [0.15, 0.2) is 8.32 Å². The first-order chi connectivity index (χ1) is 9.10. The van der Waals surface area contributed by atoms with Gasteiger partial charge < -0.3 is 9.74 Å². The van der Waals surface area contributed by atoms with Crippen molar-refractivity contribution in [2.24, 2.45) is 5.92 Å². The van der Waals surface area contributed by atoms with Crippen LogP contribution in [0.25, 0.3) is 0 Å². The Morgan fingerprint density at radius 1 is 1.25 bits per heavy atom. The van der Waals surface area contributed by atoms with E-state index in [2.05, 4.69) is 53.0 Å². The molecule has 118 valence electrons. The molecular formula is C16H33NO2Si. The maximum Gasteiger partial charge on any atom is 0.248 e. The Hall–Kier alpha value is -0.353. The average molecular weight is 300 g/mol. The minimum absolute atomic E-state index is 0.101. The standard InChI is InChI=1S/C16H33NO2Si/c1-8-9-10-11-13-12(2)14(15(18)17-13)19-20(6,7)16(3,4)5/h12-14H,8-11H2,1-7H3,(H,17,18)/t12-,13+,14?/m0/s1. The molecule has 1 aliphatic heterocycles. The van der Waals surface area contributed by atoms with Crippen LogP contribution >= 0.6 is 0 Å². The third kappa shape index (κ3) is 4.07. The molecule has 1 fully saturated rings. The van der Waals surface area contributed by atoms with Gasteiger partial charge in [0, 0.05) is 12.0 Å². The van der Waals surface area contributed by atoms with Gasteiger partial charge in [-0.2, -0.15) is 0 Å². The van der Waals surface area contributed by atoms with Crippen molar-refractivity contribution in [3.05, 3.63) is 0 Å². The average Bonchev–Trinajstić information content (AvgIpc) is 2.56. The molecule has 1 amide bonds. The van der Waals surface area contributed by atoms with Crippen molar-refractivity contribution in [3.63, 3.8) is 0 Å². The minimum atomic E-state index is -1.88. The fourth-order valence-electron chi connectivity index (χ4n) is 2.45. The number of unbranched alkanes of at least 4 members (excludes halogenated alkanes) is 2. The molecule has 0 radical (unpaired) electrons. The normalized spacial score (nSPS) is 27.8. The Bertz CT molecular complexity index is 336. The van der Waals surface area contributed by atoms with Gasteiger partial charge in [0.1, 0.15) is 6.10 Å². The summed E-state index contributed by atoms with van der Waals surface area (Å²) in [6.45, 7) is 15.5. The van der Waals surface area contributed by atoms with Crippen LogP contribution in [0.2, 0.25) is 18.1 Å². The summed E-state index contributed by atoms with van der Waals surface area (Å²) in [4.78, 5) is 12.2. The topological polar surface area (TPSA) is 38.3 Å². The summed E-state index contributed by atoms with van der Waals surface area (Å²) in [5, 5.41) is 3.29. The first kappa shape index (κ1) is 17.7. The second-order valence-corrected chi connectivity index (χ2v) is 12.5. The van der Waals surface area contributed by atoms with E-state index in [1.165, 1.54) is 19.3 Å². The van der Waals surface area contributed by atoms with E-state index in [-0.39, 0.29) is 23.0 Å². The van der Waals surface area contributed by atoms with E-state index in [1.54, 1.807) is 0 Å². The molecule has 0 aliphatic carbocycles. The summed E-state index contributed by atoms with van der Waals surface area (Å²) in [6, 6.07) is 0.295. The Balaban J connectivity index is 2.65. The molecule has 0 saturated carbocycles. The molecule has 0 aromatic carbocycles. The molecule has 0 aromatic rings. The number of rotatable bonds is 6. The summed E-state index contributed by atoms with van der Waals surface area (Å²) < 4.78 is 6.35. The molecule has 1 unspecified atom stereocenters. The lowest BCUT2D eigenvalue weighted by Gasteiger charge is -2.38. The highest BCUT2D eigenvalue weighted by atomic mass is 28.4. The zero-order chi connectivity index (χ0) is 15.6. The predicted molar refractivity (Wildman–Crippen MR) is 87.3 cm³/mol. The summed E-state index contributed by atoms with van der Waals surface area (Å²) in [6.07, 6.45) is 4.49. The Labute approximate surface area is 126 Å². The van der Waals surface area contributed by atoms with Crippen LogP contribution < -0.4 is 5.32 Å². The van der Waals surface area contributed by atoms with Crippen molar-refractivity contribution < 1.29 is 9.22 Å². The molecule has 0 bridgehead atoms. The van der Waals surface area contributed by atoms with Crippen molar-refractivity contribution in [3.8, 4) is 0 Å². The highest BCUT2D eigenvalue weighted by molar-refractivity contribution is 6.74. The highest BCUT2D eigenvalue weighted by Gasteiger charge is 2.46. The van der Waals surface area contributed by atoms with Gasteiger partial charge in [0.2, 0.25) is 5.91 Å². The maximum atomic E-state index is 12.2. The van der Waals surface area contributed by atoms with Gasteiger partial charge >= 0.3 is 0 Å². The van der Waals surface area contributed by atoms with Crippen molar-refractivity contribution in [1.29, 1.82) is 0 Å². The maximum absolute atomic E-state index is 12.2. The van der Waals surface area contributed by atoms with E-state index >= 15 is 0 Å². The van der Waals surface area contributed by atoms with Gasteiger partial charge in [-0.25, -0.2) is 0 Å². The molecule has 0 aromatic heterocycles.